The molecule has 106 valence electrons. The van der Waals surface area contributed by atoms with Crippen LogP contribution in [-0.4, -0.2) is 43.9 Å². The summed E-state index contributed by atoms with van der Waals surface area (Å²) in [6.45, 7) is 3.99. The van der Waals surface area contributed by atoms with Crippen LogP contribution in [0.15, 0.2) is 24.3 Å². The van der Waals surface area contributed by atoms with Gasteiger partial charge in [0.15, 0.2) is 0 Å². The van der Waals surface area contributed by atoms with Crippen LogP contribution >= 0.6 is 11.8 Å². The fourth-order valence-electron chi connectivity index (χ4n) is 2.39. The molecule has 1 aromatic rings. The SMILES string of the molecule is CCNC(Cc1cccc(OC)c1)C1CSCCO1. The van der Waals surface area contributed by atoms with Gasteiger partial charge < -0.3 is 14.8 Å². The van der Waals surface area contributed by atoms with Crippen LogP contribution < -0.4 is 10.1 Å². The summed E-state index contributed by atoms with van der Waals surface area (Å²) in [4.78, 5) is 0. The molecule has 0 aliphatic carbocycles. The summed E-state index contributed by atoms with van der Waals surface area (Å²) < 4.78 is 11.2. The molecule has 1 heterocycles. The molecule has 0 saturated carbocycles. The zero-order valence-corrected chi connectivity index (χ0v) is 12.5. The van der Waals surface area contributed by atoms with Gasteiger partial charge in [0.25, 0.3) is 0 Å². The number of nitrogens with one attached hydrogen (secondary N) is 1. The predicted octanol–water partition coefficient (Wildman–Crippen LogP) is 2.35. The van der Waals surface area contributed by atoms with Crippen LogP contribution in [0.4, 0.5) is 0 Å². The highest BCUT2D eigenvalue weighted by molar-refractivity contribution is 7.99. The first-order valence-corrected chi connectivity index (χ1v) is 8.04. The zero-order chi connectivity index (χ0) is 13.5. The smallest absolute Gasteiger partial charge is 0.119 e. The lowest BCUT2D eigenvalue weighted by Crippen LogP contribution is -2.46. The number of hydrogen-bond donors (Lipinski definition) is 1. The topological polar surface area (TPSA) is 30.5 Å². The van der Waals surface area contributed by atoms with Crippen LogP contribution in [0.1, 0.15) is 12.5 Å². The minimum Gasteiger partial charge on any atom is -0.497 e. The van der Waals surface area contributed by atoms with E-state index < -0.39 is 0 Å². The molecule has 2 unspecified atom stereocenters. The maximum Gasteiger partial charge on any atom is 0.119 e. The summed E-state index contributed by atoms with van der Waals surface area (Å²) >= 11 is 1.99. The van der Waals surface area contributed by atoms with E-state index in [0.29, 0.717) is 12.1 Å². The van der Waals surface area contributed by atoms with Gasteiger partial charge in [0, 0.05) is 17.5 Å². The van der Waals surface area contributed by atoms with Crippen molar-refractivity contribution >= 4 is 11.8 Å². The highest BCUT2D eigenvalue weighted by Gasteiger charge is 2.24. The van der Waals surface area contributed by atoms with E-state index in [2.05, 4.69) is 24.4 Å². The average Bonchev–Trinajstić information content (AvgIpc) is 2.48. The van der Waals surface area contributed by atoms with E-state index in [1.807, 2.05) is 23.9 Å². The van der Waals surface area contributed by atoms with Gasteiger partial charge in [0.05, 0.1) is 19.8 Å². The summed E-state index contributed by atoms with van der Waals surface area (Å²) in [5, 5.41) is 3.56. The fourth-order valence-corrected chi connectivity index (χ4v) is 3.33. The third-order valence-corrected chi connectivity index (χ3v) is 4.37. The van der Waals surface area contributed by atoms with Crippen LogP contribution in [0.5, 0.6) is 5.75 Å². The van der Waals surface area contributed by atoms with Gasteiger partial charge in [-0.3, -0.25) is 0 Å². The molecule has 0 spiro atoms. The Kier molecular flexibility index (Phi) is 6.01. The monoisotopic (exact) mass is 281 g/mol. The molecule has 1 aromatic carbocycles. The van der Waals surface area contributed by atoms with Crippen molar-refractivity contribution < 1.29 is 9.47 Å². The van der Waals surface area contributed by atoms with E-state index in [1.165, 1.54) is 5.56 Å². The van der Waals surface area contributed by atoms with Crippen LogP contribution in [0.25, 0.3) is 0 Å². The lowest BCUT2D eigenvalue weighted by atomic mass is 10.0. The molecule has 0 aromatic heterocycles. The number of likely N-dealkylation sites (N-methyl/N-ethyl adjacent to an activating group) is 1. The van der Waals surface area contributed by atoms with Gasteiger partial charge in [-0.2, -0.15) is 11.8 Å². The molecule has 1 aliphatic rings. The number of ether oxygens (including phenoxy) is 2. The molecule has 3 nitrogen and oxygen atoms in total. The molecule has 1 fully saturated rings. The summed E-state index contributed by atoms with van der Waals surface area (Å²) in [5.41, 5.74) is 1.30. The number of methoxy groups -OCH3 is 1. The first-order valence-electron chi connectivity index (χ1n) is 6.89. The van der Waals surface area contributed by atoms with Gasteiger partial charge in [-0.25, -0.2) is 0 Å². The van der Waals surface area contributed by atoms with E-state index in [4.69, 9.17) is 9.47 Å². The molecule has 0 bridgehead atoms. The second-order valence-electron chi connectivity index (χ2n) is 4.70. The quantitative estimate of drug-likeness (QED) is 0.867. The Balaban J connectivity index is 2.01. The van der Waals surface area contributed by atoms with Crippen molar-refractivity contribution in [3.8, 4) is 5.75 Å². The van der Waals surface area contributed by atoms with Crippen LogP contribution in [-0.2, 0) is 11.2 Å². The molecule has 0 radical (unpaired) electrons. The molecular formula is C15H23NO2S. The third kappa shape index (κ3) is 4.41. The van der Waals surface area contributed by atoms with Gasteiger partial charge in [-0.1, -0.05) is 19.1 Å². The van der Waals surface area contributed by atoms with Crippen molar-refractivity contribution in [2.45, 2.75) is 25.5 Å². The number of rotatable bonds is 6. The molecule has 1 saturated heterocycles. The molecular weight excluding hydrogens is 258 g/mol. The fraction of sp³-hybridized carbons (Fsp3) is 0.600. The second kappa shape index (κ2) is 7.78. The largest absolute Gasteiger partial charge is 0.497 e. The standard InChI is InChI=1S/C15H23NO2S/c1-3-16-14(15-11-19-8-7-18-15)10-12-5-4-6-13(9-12)17-2/h4-6,9,14-16H,3,7-8,10-11H2,1-2H3. The summed E-state index contributed by atoms with van der Waals surface area (Å²) in [6.07, 6.45) is 1.29. The number of benzene rings is 1. The molecule has 2 rings (SSSR count). The normalized spacial score (nSPS) is 21.1. The van der Waals surface area contributed by atoms with E-state index in [-0.39, 0.29) is 0 Å². The molecule has 19 heavy (non-hydrogen) atoms. The van der Waals surface area contributed by atoms with Crippen molar-refractivity contribution in [1.82, 2.24) is 5.32 Å². The number of hydrogen-bond acceptors (Lipinski definition) is 4. The van der Waals surface area contributed by atoms with E-state index in [0.717, 1.165) is 36.8 Å². The molecule has 1 aliphatic heterocycles. The minimum absolute atomic E-state index is 0.310. The van der Waals surface area contributed by atoms with Gasteiger partial charge in [0.2, 0.25) is 0 Å². The summed E-state index contributed by atoms with van der Waals surface area (Å²) in [7, 11) is 1.71. The van der Waals surface area contributed by atoms with Crippen LogP contribution in [0.3, 0.4) is 0 Å². The van der Waals surface area contributed by atoms with E-state index in [1.54, 1.807) is 7.11 Å². The highest BCUT2D eigenvalue weighted by atomic mass is 32.2. The van der Waals surface area contributed by atoms with E-state index in [9.17, 15) is 0 Å². The second-order valence-corrected chi connectivity index (χ2v) is 5.85. The van der Waals surface area contributed by atoms with Crippen molar-refractivity contribution in [3.63, 3.8) is 0 Å². The maximum atomic E-state index is 5.91. The number of thioether (sulfide) groups is 1. The van der Waals surface area contributed by atoms with Crippen molar-refractivity contribution in [1.29, 1.82) is 0 Å². The van der Waals surface area contributed by atoms with Crippen LogP contribution in [0.2, 0.25) is 0 Å². The Bertz CT molecular complexity index is 380. The summed E-state index contributed by atoms with van der Waals surface area (Å²) in [6, 6.07) is 8.68. The van der Waals surface area contributed by atoms with Gasteiger partial charge in [0.1, 0.15) is 5.75 Å². The van der Waals surface area contributed by atoms with E-state index >= 15 is 0 Å². The molecule has 0 amide bonds. The van der Waals surface area contributed by atoms with Crippen molar-refractivity contribution in [2.75, 3.05) is 31.8 Å². The Morgan fingerprint density at radius 3 is 3.11 bits per heavy atom. The first-order chi connectivity index (χ1) is 9.33. The predicted molar refractivity (Wildman–Crippen MR) is 81.2 cm³/mol. The first kappa shape index (κ1) is 14.7. The van der Waals surface area contributed by atoms with Gasteiger partial charge in [-0.15, -0.1) is 0 Å². The molecule has 2 atom stereocenters. The van der Waals surface area contributed by atoms with Gasteiger partial charge in [-0.05, 0) is 30.7 Å². The summed E-state index contributed by atoms with van der Waals surface area (Å²) in [5.74, 6) is 3.13. The van der Waals surface area contributed by atoms with Crippen molar-refractivity contribution in [2.24, 2.45) is 0 Å². The Labute approximate surface area is 120 Å². The Morgan fingerprint density at radius 1 is 1.53 bits per heavy atom. The zero-order valence-electron chi connectivity index (χ0n) is 11.7. The Morgan fingerprint density at radius 2 is 2.42 bits per heavy atom. The highest BCUT2D eigenvalue weighted by Crippen LogP contribution is 2.20. The molecule has 4 heteroatoms. The lowest BCUT2D eigenvalue weighted by Gasteiger charge is -2.31. The maximum absolute atomic E-state index is 5.91. The molecule has 1 N–H and O–H groups in total. The Hall–Kier alpha value is -0.710. The van der Waals surface area contributed by atoms with Crippen molar-refractivity contribution in [3.05, 3.63) is 29.8 Å². The minimum atomic E-state index is 0.310. The third-order valence-electron chi connectivity index (χ3n) is 3.35. The lowest BCUT2D eigenvalue weighted by molar-refractivity contribution is 0.0476. The van der Waals surface area contributed by atoms with Crippen LogP contribution in [0, 0.1) is 0 Å². The van der Waals surface area contributed by atoms with Gasteiger partial charge >= 0.3 is 0 Å². The average molecular weight is 281 g/mol.